The molecule has 0 bridgehead atoms. The van der Waals surface area contributed by atoms with Crippen molar-refractivity contribution in [3.05, 3.63) is 16.3 Å². The normalized spacial score (nSPS) is 10.9. The Morgan fingerprint density at radius 2 is 2.18 bits per heavy atom. The summed E-state index contributed by atoms with van der Waals surface area (Å²) in [7, 11) is -4.71. The first kappa shape index (κ1) is 8.17. The first-order valence-electron chi connectivity index (χ1n) is 2.46. The fourth-order valence-electron chi connectivity index (χ4n) is 0.556. The second-order valence-corrected chi connectivity index (χ2v) is 3.76. The molecule has 11 heavy (non-hydrogen) atoms. The lowest BCUT2D eigenvalue weighted by Crippen LogP contribution is -1.91. The van der Waals surface area contributed by atoms with Crippen molar-refractivity contribution in [1.82, 2.24) is 0 Å². The number of hydrogen-bond acceptors (Lipinski definition) is 4. The van der Waals surface area contributed by atoms with Gasteiger partial charge in [0.15, 0.2) is 0 Å². The Balaban J connectivity index is 3.39. The van der Waals surface area contributed by atoms with E-state index in [2.05, 4.69) is 0 Å². The van der Waals surface area contributed by atoms with Crippen molar-refractivity contribution >= 4 is 21.6 Å². The Bertz CT molecular complexity index is 400. The van der Waals surface area contributed by atoms with Crippen molar-refractivity contribution in [3.8, 4) is 6.07 Å². The minimum atomic E-state index is -4.71. The van der Waals surface area contributed by atoms with Gasteiger partial charge in [0.1, 0.15) is 11.0 Å². The first-order valence-corrected chi connectivity index (χ1v) is 4.79. The standard InChI is InChI=1S/C5H2FNO2S2/c6-11(8,9)5-3-10-2-4(5)1-7/h2-3H. The summed E-state index contributed by atoms with van der Waals surface area (Å²) in [4.78, 5) is -0.537. The molecule has 3 nitrogen and oxygen atoms in total. The number of hydrogen-bond donors (Lipinski definition) is 0. The number of rotatable bonds is 1. The second-order valence-electron chi connectivity index (χ2n) is 1.70. The van der Waals surface area contributed by atoms with Gasteiger partial charge in [-0.25, -0.2) is 0 Å². The molecule has 0 aliphatic carbocycles. The lowest BCUT2D eigenvalue weighted by atomic mass is 10.4. The highest BCUT2D eigenvalue weighted by Gasteiger charge is 2.17. The predicted octanol–water partition coefficient (Wildman–Crippen LogP) is 1.28. The van der Waals surface area contributed by atoms with Gasteiger partial charge in [-0.05, 0) is 0 Å². The average molecular weight is 191 g/mol. The Hall–Kier alpha value is -0.930. The van der Waals surface area contributed by atoms with Gasteiger partial charge in [-0.1, -0.05) is 0 Å². The fourth-order valence-corrected chi connectivity index (χ4v) is 2.26. The molecule has 0 saturated carbocycles. The molecule has 0 atom stereocenters. The number of thiophene rings is 1. The van der Waals surface area contributed by atoms with Gasteiger partial charge in [0.25, 0.3) is 0 Å². The molecule has 1 aromatic heterocycles. The molecule has 6 heteroatoms. The highest BCUT2D eigenvalue weighted by atomic mass is 32.3. The molecular formula is C5H2FNO2S2. The van der Waals surface area contributed by atoms with Gasteiger partial charge >= 0.3 is 10.2 Å². The van der Waals surface area contributed by atoms with Crippen LogP contribution in [-0.4, -0.2) is 8.42 Å². The van der Waals surface area contributed by atoms with E-state index in [1.807, 2.05) is 0 Å². The van der Waals surface area contributed by atoms with Crippen molar-refractivity contribution in [2.24, 2.45) is 0 Å². The highest BCUT2D eigenvalue weighted by molar-refractivity contribution is 7.86. The molecule has 0 aromatic carbocycles. The van der Waals surface area contributed by atoms with E-state index in [-0.39, 0.29) is 5.56 Å². The number of nitrogens with zero attached hydrogens (tertiary/aromatic N) is 1. The van der Waals surface area contributed by atoms with Gasteiger partial charge in [-0.3, -0.25) is 0 Å². The van der Waals surface area contributed by atoms with Crippen molar-refractivity contribution in [2.45, 2.75) is 4.90 Å². The Morgan fingerprint density at radius 1 is 1.55 bits per heavy atom. The highest BCUT2D eigenvalue weighted by Crippen LogP contribution is 2.21. The van der Waals surface area contributed by atoms with E-state index in [0.717, 1.165) is 16.7 Å². The summed E-state index contributed by atoms with van der Waals surface area (Å²) < 4.78 is 32.8. The molecule has 1 aromatic rings. The van der Waals surface area contributed by atoms with E-state index in [1.165, 1.54) is 5.38 Å². The summed E-state index contributed by atoms with van der Waals surface area (Å²) in [6.07, 6.45) is 0. The third-order valence-electron chi connectivity index (χ3n) is 1.01. The summed E-state index contributed by atoms with van der Waals surface area (Å²) in [5.41, 5.74) is -0.141. The van der Waals surface area contributed by atoms with Crippen LogP contribution in [0.5, 0.6) is 0 Å². The lowest BCUT2D eigenvalue weighted by molar-refractivity contribution is 0.552. The van der Waals surface area contributed by atoms with E-state index in [9.17, 15) is 12.3 Å². The smallest absolute Gasteiger partial charge is 0.192 e. The molecule has 1 rings (SSSR count). The molecule has 0 fully saturated rings. The molecule has 0 spiro atoms. The van der Waals surface area contributed by atoms with E-state index in [0.29, 0.717) is 0 Å². The van der Waals surface area contributed by atoms with Gasteiger partial charge in [0.2, 0.25) is 0 Å². The van der Waals surface area contributed by atoms with Crippen LogP contribution in [0.3, 0.4) is 0 Å². The van der Waals surface area contributed by atoms with Crippen LogP contribution in [0.1, 0.15) is 5.56 Å². The maximum Gasteiger partial charge on any atom is 0.334 e. The van der Waals surface area contributed by atoms with E-state index in [1.54, 1.807) is 6.07 Å². The SMILES string of the molecule is N#Cc1cscc1S(=O)(=O)F. The van der Waals surface area contributed by atoms with Crippen LogP contribution in [0.4, 0.5) is 3.89 Å². The van der Waals surface area contributed by atoms with Crippen molar-refractivity contribution in [1.29, 1.82) is 5.26 Å². The summed E-state index contributed by atoms with van der Waals surface area (Å²) in [6, 6.07) is 1.57. The molecule has 58 valence electrons. The Kier molecular flexibility index (Phi) is 1.93. The summed E-state index contributed by atoms with van der Waals surface area (Å²) in [5, 5.41) is 10.7. The largest absolute Gasteiger partial charge is 0.334 e. The van der Waals surface area contributed by atoms with Crippen molar-refractivity contribution in [2.75, 3.05) is 0 Å². The lowest BCUT2D eigenvalue weighted by Gasteiger charge is -1.86. The Morgan fingerprint density at radius 3 is 2.55 bits per heavy atom. The zero-order valence-corrected chi connectivity index (χ0v) is 6.75. The molecular weight excluding hydrogens is 189 g/mol. The summed E-state index contributed by atoms with van der Waals surface area (Å²) in [6.45, 7) is 0. The van der Waals surface area contributed by atoms with Crippen LogP contribution in [0.15, 0.2) is 15.7 Å². The molecule has 0 aliphatic heterocycles. The third kappa shape index (κ3) is 1.56. The molecule has 1 heterocycles. The van der Waals surface area contributed by atoms with Crippen LogP contribution in [0.25, 0.3) is 0 Å². The fraction of sp³-hybridized carbons (Fsp3) is 0. The molecule has 0 unspecified atom stereocenters. The molecule has 0 aliphatic rings. The molecule has 0 amide bonds. The number of halogens is 1. The van der Waals surface area contributed by atoms with Gasteiger partial charge < -0.3 is 0 Å². The van der Waals surface area contributed by atoms with Crippen LogP contribution >= 0.6 is 11.3 Å². The zero-order valence-electron chi connectivity index (χ0n) is 5.11. The summed E-state index contributed by atoms with van der Waals surface area (Å²) in [5.74, 6) is 0. The molecule has 0 radical (unpaired) electrons. The van der Waals surface area contributed by atoms with Gasteiger partial charge in [0, 0.05) is 10.8 Å². The van der Waals surface area contributed by atoms with Crippen LogP contribution in [-0.2, 0) is 10.2 Å². The second kappa shape index (κ2) is 2.60. The zero-order chi connectivity index (χ0) is 8.48. The van der Waals surface area contributed by atoms with Gasteiger partial charge in [-0.2, -0.15) is 13.7 Å². The topological polar surface area (TPSA) is 57.9 Å². The van der Waals surface area contributed by atoms with E-state index in [4.69, 9.17) is 5.26 Å². The Labute approximate surface area is 66.9 Å². The monoisotopic (exact) mass is 191 g/mol. The first-order chi connectivity index (χ1) is 5.05. The number of nitriles is 1. The third-order valence-corrected chi connectivity index (χ3v) is 2.77. The van der Waals surface area contributed by atoms with Crippen molar-refractivity contribution < 1.29 is 12.3 Å². The summed E-state index contributed by atoms with van der Waals surface area (Å²) >= 11 is 0.976. The van der Waals surface area contributed by atoms with Crippen LogP contribution in [0.2, 0.25) is 0 Å². The van der Waals surface area contributed by atoms with Gasteiger partial charge in [0.05, 0.1) is 5.56 Å². The maximum absolute atomic E-state index is 12.2. The van der Waals surface area contributed by atoms with E-state index < -0.39 is 15.1 Å². The minimum Gasteiger partial charge on any atom is -0.192 e. The maximum atomic E-state index is 12.2. The van der Waals surface area contributed by atoms with E-state index >= 15 is 0 Å². The molecule has 0 N–H and O–H groups in total. The average Bonchev–Trinajstić information content (AvgIpc) is 2.31. The quantitative estimate of drug-likeness (QED) is 0.628. The van der Waals surface area contributed by atoms with Gasteiger partial charge in [-0.15, -0.1) is 15.2 Å². The van der Waals surface area contributed by atoms with Crippen LogP contribution in [0, 0.1) is 11.3 Å². The van der Waals surface area contributed by atoms with Crippen molar-refractivity contribution in [3.63, 3.8) is 0 Å². The van der Waals surface area contributed by atoms with Crippen LogP contribution < -0.4 is 0 Å². The molecule has 0 saturated heterocycles. The predicted molar refractivity (Wildman–Crippen MR) is 37.3 cm³/mol. The minimum absolute atomic E-state index is 0.141.